The van der Waals surface area contributed by atoms with Crippen LogP contribution in [0.25, 0.3) is 0 Å². The van der Waals surface area contributed by atoms with Crippen LogP contribution >= 0.6 is 0 Å². The van der Waals surface area contributed by atoms with Crippen molar-refractivity contribution in [3.63, 3.8) is 0 Å². The van der Waals surface area contributed by atoms with Crippen molar-refractivity contribution in [3.05, 3.63) is 0 Å². The fraction of sp³-hybridized carbons (Fsp3) is 0.917. The molecule has 1 unspecified atom stereocenters. The Kier molecular flexibility index (Phi) is 3.84. The van der Waals surface area contributed by atoms with E-state index >= 15 is 0 Å². The molecule has 0 aliphatic carbocycles. The maximum Gasteiger partial charge on any atom is 0.407 e. The van der Waals surface area contributed by atoms with E-state index in [9.17, 15) is 9.90 Å². The lowest BCUT2D eigenvalue weighted by atomic mass is 9.66. The lowest BCUT2D eigenvalue weighted by Crippen LogP contribution is -2.61. The van der Waals surface area contributed by atoms with Crippen LogP contribution in [0, 0.1) is 5.41 Å². The van der Waals surface area contributed by atoms with Gasteiger partial charge < -0.3 is 15.7 Å². The van der Waals surface area contributed by atoms with Gasteiger partial charge in [-0.2, -0.15) is 0 Å². The molecular weight excluding hydrogens is 204 g/mol. The fourth-order valence-electron chi connectivity index (χ4n) is 2.97. The first-order valence-electron chi connectivity index (χ1n) is 6.06. The summed E-state index contributed by atoms with van der Waals surface area (Å²) in [4.78, 5) is 13.0. The molecule has 0 aromatic rings. The van der Waals surface area contributed by atoms with Crippen molar-refractivity contribution in [2.75, 3.05) is 13.1 Å². The van der Waals surface area contributed by atoms with E-state index in [0.29, 0.717) is 13.1 Å². The number of rotatable bonds is 2. The summed E-state index contributed by atoms with van der Waals surface area (Å²) in [6.07, 6.45) is 2.95. The molecule has 1 saturated heterocycles. The SMILES string of the molecule is CC(C)(C)C1(CCN)CCCCN1C(=O)O. The molecule has 4 nitrogen and oxygen atoms in total. The highest BCUT2D eigenvalue weighted by atomic mass is 16.4. The Morgan fingerprint density at radius 2 is 2.06 bits per heavy atom. The molecule has 4 heteroatoms. The normalized spacial score (nSPS) is 26.9. The molecule has 0 aromatic heterocycles. The van der Waals surface area contributed by atoms with Crippen LogP contribution in [0.5, 0.6) is 0 Å². The molecule has 3 N–H and O–H groups in total. The molecule has 1 amide bonds. The minimum Gasteiger partial charge on any atom is -0.465 e. The second kappa shape index (κ2) is 4.62. The zero-order valence-corrected chi connectivity index (χ0v) is 10.6. The zero-order chi connectivity index (χ0) is 12.4. The van der Waals surface area contributed by atoms with Gasteiger partial charge in [-0.15, -0.1) is 0 Å². The molecule has 1 aliphatic rings. The summed E-state index contributed by atoms with van der Waals surface area (Å²) in [6, 6.07) is 0. The zero-order valence-electron chi connectivity index (χ0n) is 10.6. The largest absolute Gasteiger partial charge is 0.465 e. The molecule has 0 saturated carbocycles. The summed E-state index contributed by atoms with van der Waals surface area (Å²) in [5.74, 6) is 0. The standard InChI is InChI=1S/C12H24N2O2/c1-11(2,3)12(7-8-13)6-4-5-9-14(12)10(15)16/h4-9,13H2,1-3H3,(H,15,16). The number of carbonyl (C=O) groups is 1. The van der Waals surface area contributed by atoms with Crippen molar-refractivity contribution in [3.8, 4) is 0 Å². The van der Waals surface area contributed by atoms with Gasteiger partial charge in [-0.25, -0.2) is 4.79 Å². The van der Waals surface area contributed by atoms with E-state index < -0.39 is 6.09 Å². The van der Waals surface area contributed by atoms with Crippen molar-refractivity contribution < 1.29 is 9.90 Å². The molecule has 1 fully saturated rings. The summed E-state index contributed by atoms with van der Waals surface area (Å²) in [5, 5.41) is 9.35. The van der Waals surface area contributed by atoms with Gasteiger partial charge in [0.1, 0.15) is 0 Å². The molecule has 1 heterocycles. The van der Waals surface area contributed by atoms with Gasteiger partial charge in [-0.3, -0.25) is 0 Å². The van der Waals surface area contributed by atoms with Gasteiger partial charge in [0.25, 0.3) is 0 Å². The molecule has 0 aromatic carbocycles. The predicted molar refractivity (Wildman–Crippen MR) is 64.4 cm³/mol. The summed E-state index contributed by atoms with van der Waals surface area (Å²) in [5.41, 5.74) is 5.33. The van der Waals surface area contributed by atoms with E-state index in [1.165, 1.54) is 0 Å². The van der Waals surface area contributed by atoms with E-state index in [4.69, 9.17) is 5.73 Å². The number of nitrogens with two attached hydrogens (primary N) is 1. The van der Waals surface area contributed by atoms with Crippen molar-refractivity contribution >= 4 is 6.09 Å². The monoisotopic (exact) mass is 228 g/mol. The van der Waals surface area contributed by atoms with Crippen LogP contribution in [0.4, 0.5) is 4.79 Å². The molecule has 0 radical (unpaired) electrons. The third kappa shape index (κ3) is 2.17. The molecular formula is C12H24N2O2. The van der Waals surface area contributed by atoms with Crippen molar-refractivity contribution in [2.24, 2.45) is 11.1 Å². The maximum absolute atomic E-state index is 11.4. The van der Waals surface area contributed by atoms with Crippen LogP contribution in [0.15, 0.2) is 0 Å². The topological polar surface area (TPSA) is 66.6 Å². The van der Waals surface area contributed by atoms with E-state index in [2.05, 4.69) is 20.8 Å². The second-order valence-electron chi connectivity index (χ2n) is 5.71. The third-order valence-corrected chi connectivity index (χ3v) is 3.92. The first-order valence-corrected chi connectivity index (χ1v) is 6.06. The Morgan fingerprint density at radius 3 is 2.50 bits per heavy atom. The predicted octanol–water partition coefficient (Wildman–Crippen LogP) is 2.28. The first kappa shape index (κ1) is 13.3. The van der Waals surface area contributed by atoms with Gasteiger partial charge in [0, 0.05) is 6.54 Å². The lowest BCUT2D eigenvalue weighted by Gasteiger charge is -2.53. The van der Waals surface area contributed by atoms with Gasteiger partial charge >= 0.3 is 6.09 Å². The number of carboxylic acid groups (broad SMARTS) is 1. The van der Waals surface area contributed by atoms with Gasteiger partial charge in [0.2, 0.25) is 0 Å². The maximum atomic E-state index is 11.4. The number of hydrogen-bond donors (Lipinski definition) is 2. The summed E-state index contributed by atoms with van der Waals surface area (Å²) in [6.45, 7) is 7.53. The molecule has 1 rings (SSSR count). The molecule has 0 bridgehead atoms. The average molecular weight is 228 g/mol. The fourth-order valence-corrected chi connectivity index (χ4v) is 2.97. The van der Waals surface area contributed by atoms with E-state index in [1.54, 1.807) is 4.90 Å². The van der Waals surface area contributed by atoms with E-state index in [0.717, 1.165) is 25.7 Å². The van der Waals surface area contributed by atoms with E-state index in [-0.39, 0.29) is 11.0 Å². The highest BCUT2D eigenvalue weighted by Crippen LogP contribution is 2.44. The molecule has 1 aliphatic heterocycles. The third-order valence-electron chi connectivity index (χ3n) is 3.92. The Hall–Kier alpha value is -0.770. The molecule has 0 spiro atoms. The van der Waals surface area contributed by atoms with Crippen molar-refractivity contribution in [2.45, 2.75) is 52.0 Å². The van der Waals surface area contributed by atoms with E-state index in [1.807, 2.05) is 0 Å². The number of amides is 1. The highest BCUT2D eigenvalue weighted by Gasteiger charge is 2.49. The van der Waals surface area contributed by atoms with Crippen molar-refractivity contribution in [1.82, 2.24) is 4.90 Å². The lowest BCUT2D eigenvalue weighted by molar-refractivity contribution is -0.0289. The summed E-state index contributed by atoms with van der Waals surface area (Å²) in [7, 11) is 0. The number of hydrogen-bond acceptors (Lipinski definition) is 2. The Bertz CT molecular complexity index is 256. The number of likely N-dealkylation sites (tertiary alicyclic amines) is 1. The average Bonchev–Trinajstić information content (AvgIpc) is 2.16. The number of nitrogens with zero attached hydrogens (tertiary/aromatic N) is 1. The smallest absolute Gasteiger partial charge is 0.407 e. The first-order chi connectivity index (χ1) is 7.35. The van der Waals surface area contributed by atoms with Crippen LogP contribution < -0.4 is 5.73 Å². The minimum atomic E-state index is -0.803. The molecule has 16 heavy (non-hydrogen) atoms. The molecule has 94 valence electrons. The van der Waals surface area contributed by atoms with Crippen LogP contribution in [-0.4, -0.2) is 34.7 Å². The minimum absolute atomic E-state index is 0.0643. The van der Waals surface area contributed by atoms with Gasteiger partial charge in [-0.1, -0.05) is 20.8 Å². The number of piperidine rings is 1. The van der Waals surface area contributed by atoms with Gasteiger partial charge in [-0.05, 0) is 37.6 Å². The van der Waals surface area contributed by atoms with Gasteiger partial charge in [0.05, 0.1) is 5.54 Å². The van der Waals surface area contributed by atoms with Crippen molar-refractivity contribution in [1.29, 1.82) is 0 Å². The van der Waals surface area contributed by atoms with Crippen LogP contribution in [-0.2, 0) is 0 Å². The van der Waals surface area contributed by atoms with Crippen LogP contribution in [0.3, 0.4) is 0 Å². The quantitative estimate of drug-likeness (QED) is 0.762. The van der Waals surface area contributed by atoms with Crippen LogP contribution in [0.1, 0.15) is 46.5 Å². The summed E-state index contributed by atoms with van der Waals surface area (Å²) < 4.78 is 0. The Morgan fingerprint density at radius 1 is 1.44 bits per heavy atom. The van der Waals surface area contributed by atoms with Crippen LogP contribution in [0.2, 0.25) is 0 Å². The Balaban J connectivity index is 3.08. The Labute approximate surface area is 97.8 Å². The van der Waals surface area contributed by atoms with Gasteiger partial charge in [0.15, 0.2) is 0 Å². The summed E-state index contributed by atoms with van der Waals surface area (Å²) >= 11 is 0. The second-order valence-corrected chi connectivity index (χ2v) is 5.71. The highest BCUT2D eigenvalue weighted by molar-refractivity contribution is 5.66. The molecule has 1 atom stereocenters.